The van der Waals surface area contributed by atoms with Gasteiger partial charge in [0.1, 0.15) is 5.75 Å². The number of likely N-dealkylation sites (tertiary alicyclic amines) is 1. The minimum Gasteiger partial charge on any atom is -0.497 e. The molecule has 1 heterocycles. The van der Waals surface area contributed by atoms with Gasteiger partial charge in [-0.25, -0.2) is 0 Å². The van der Waals surface area contributed by atoms with Crippen molar-refractivity contribution in [2.75, 3.05) is 47.4 Å². The molecule has 1 aliphatic heterocycles. The molecule has 1 atom stereocenters. The number of likely N-dealkylation sites (N-methyl/N-ethyl adjacent to an activating group) is 2. The zero-order valence-electron chi connectivity index (χ0n) is 14.5. The average Bonchev–Trinajstić information content (AvgIpc) is 2.99. The molecule has 1 aromatic rings. The van der Waals surface area contributed by atoms with Crippen molar-refractivity contribution in [3.8, 4) is 5.75 Å². The van der Waals surface area contributed by atoms with E-state index in [2.05, 4.69) is 35.3 Å². The summed E-state index contributed by atoms with van der Waals surface area (Å²) < 4.78 is 5.21. The van der Waals surface area contributed by atoms with Crippen molar-refractivity contribution in [1.29, 1.82) is 0 Å². The minimum absolute atomic E-state index is 0.131. The van der Waals surface area contributed by atoms with E-state index in [0.29, 0.717) is 19.0 Å². The van der Waals surface area contributed by atoms with Gasteiger partial charge < -0.3 is 19.9 Å². The Morgan fingerprint density at radius 3 is 3.00 bits per heavy atom. The summed E-state index contributed by atoms with van der Waals surface area (Å²) in [7, 11) is 5.94. The molecule has 0 aliphatic carbocycles. The first kappa shape index (κ1) is 17.8. The van der Waals surface area contributed by atoms with Crippen molar-refractivity contribution in [1.82, 2.24) is 15.1 Å². The van der Waals surface area contributed by atoms with Crippen LogP contribution in [0.25, 0.3) is 0 Å². The molecule has 1 N–H and O–H groups in total. The normalized spacial score (nSPS) is 18.3. The summed E-state index contributed by atoms with van der Waals surface area (Å²) in [5.41, 5.74) is 1.18. The highest BCUT2D eigenvalue weighted by Gasteiger charge is 2.23. The third-order valence-electron chi connectivity index (χ3n) is 4.55. The van der Waals surface area contributed by atoms with Crippen LogP contribution in [-0.4, -0.2) is 69.1 Å². The molecular weight excluding hydrogens is 290 g/mol. The van der Waals surface area contributed by atoms with Gasteiger partial charge in [-0.05, 0) is 51.2 Å². The van der Waals surface area contributed by atoms with Gasteiger partial charge in [0, 0.05) is 32.1 Å². The van der Waals surface area contributed by atoms with Crippen LogP contribution in [0.5, 0.6) is 5.75 Å². The first-order valence-corrected chi connectivity index (χ1v) is 8.37. The van der Waals surface area contributed by atoms with E-state index in [0.717, 1.165) is 31.8 Å². The molecule has 1 aromatic carbocycles. The average molecular weight is 319 g/mol. The molecule has 0 aromatic heterocycles. The topological polar surface area (TPSA) is 44.8 Å². The highest BCUT2D eigenvalue weighted by Crippen LogP contribution is 2.13. The molecule has 0 radical (unpaired) electrons. The van der Waals surface area contributed by atoms with Crippen LogP contribution < -0.4 is 10.1 Å². The number of rotatable bonds is 8. The molecular formula is C18H29N3O2. The van der Waals surface area contributed by atoms with Gasteiger partial charge in [-0.15, -0.1) is 0 Å². The summed E-state index contributed by atoms with van der Waals surface area (Å²) in [6.45, 7) is 3.75. The minimum atomic E-state index is 0.131. The molecule has 0 saturated carbocycles. The zero-order chi connectivity index (χ0) is 16.7. The summed E-state index contributed by atoms with van der Waals surface area (Å²) in [5.74, 6) is 0.989. The molecule has 0 unspecified atom stereocenters. The molecule has 2 rings (SSSR count). The molecule has 1 saturated heterocycles. The van der Waals surface area contributed by atoms with Crippen molar-refractivity contribution in [2.24, 2.45) is 0 Å². The van der Waals surface area contributed by atoms with Gasteiger partial charge in [0.2, 0.25) is 5.91 Å². The maximum Gasteiger partial charge on any atom is 0.221 e. The monoisotopic (exact) mass is 319 g/mol. The van der Waals surface area contributed by atoms with Crippen LogP contribution in [0.15, 0.2) is 24.3 Å². The van der Waals surface area contributed by atoms with Gasteiger partial charge >= 0.3 is 0 Å². The van der Waals surface area contributed by atoms with Crippen LogP contribution in [0.4, 0.5) is 0 Å². The van der Waals surface area contributed by atoms with E-state index >= 15 is 0 Å². The lowest BCUT2D eigenvalue weighted by Crippen LogP contribution is -2.37. The lowest BCUT2D eigenvalue weighted by molar-refractivity contribution is -0.121. The summed E-state index contributed by atoms with van der Waals surface area (Å²) in [5, 5.41) is 3.01. The third-order valence-corrected chi connectivity index (χ3v) is 4.55. The quantitative estimate of drug-likeness (QED) is 0.786. The van der Waals surface area contributed by atoms with E-state index in [4.69, 9.17) is 4.74 Å². The van der Waals surface area contributed by atoms with Gasteiger partial charge in [-0.1, -0.05) is 12.1 Å². The van der Waals surface area contributed by atoms with E-state index < -0.39 is 0 Å². The lowest BCUT2D eigenvalue weighted by atomic mass is 10.1. The second kappa shape index (κ2) is 8.89. The second-order valence-corrected chi connectivity index (χ2v) is 6.39. The molecule has 1 amide bonds. The van der Waals surface area contributed by atoms with E-state index in [-0.39, 0.29) is 5.91 Å². The fourth-order valence-electron chi connectivity index (χ4n) is 2.99. The molecule has 5 nitrogen and oxygen atoms in total. The first-order valence-electron chi connectivity index (χ1n) is 8.37. The van der Waals surface area contributed by atoms with Crippen LogP contribution >= 0.6 is 0 Å². The SMILES string of the molecule is COc1cccc(CCNC(=O)CCN(C)[C@@H]2CCN(C)C2)c1. The second-order valence-electron chi connectivity index (χ2n) is 6.39. The summed E-state index contributed by atoms with van der Waals surface area (Å²) in [4.78, 5) is 16.6. The Morgan fingerprint density at radius 1 is 1.48 bits per heavy atom. The van der Waals surface area contributed by atoms with Crippen LogP contribution in [0.2, 0.25) is 0 Å². The summed E-state index contributed by atoms with van der Waals surface area (Å²) in [6, 6.07) is 8.56. The Kier molecular flexibility index (Phi) is 6.86. The van der Waals surface area contributed by atoms with Crippen LogP contribution in [-0.2, 0) is 11.2 Å². The van der Waals surface area contributed by atoms with E-state index in [1.807, 2.05) is 18.2 Å². The Bertz CT molecular complexity index is 507. The van der Waals surface area contributed by atoms with E-state index in [9.17, 15) is 4.79 Å². The molecule has 0 spiro atoms. The highest BCUT2D eigenvalue weighted by atomic mass is 16.5. The predicted molar refractivity (Wildman–Crippen MR) is 92.9 cm³/mol. The Hall–Kier alpha value is -1.59. The zero-order valence-corrected chi connectivity index (χ0v) is 14.5. The fraction of sp³-hybridized carbons (Fsp3) is 0.611. The number of ether oxygens (including phenoxy) is 1. The van der Waals surface area contributed by atoms with Gasteiger partial charge in [-0.3, -0.25) is 4.79 Å². The van der Waals surface area contributed by atoms with Crippen LogP contribution in [0.3, 0.4) is 0 Å². The Balaban J connectivity index is 1.63. The predicted octanol–water partition coefficient (Wildman–Crippen LogP) is 1.38. The number of amides is 1. The van der Waals surface area contributed by atoms with Crippen molar-refractivity contribution in [2.45, 2.75) is 25.3 Å². The maximum absolute atomic E-state index is 12.0. The number of carbonyl (C=O) groups excluding carboxylic acids is 1. The largest absolute Gasteiger partial charge is 0.497 e. The van der Waals surface area contributed by atoms with Crippen molar-refractivity contribution in [3.05, 3.63) is 29.8 Å². The molecule has 1 fully saturated rings. The molecule has 128 valence electrons. The van der Waals surface area contributed by atoms with Crippen molar-refractivity contribution >= 4 is 5.91 Å². The molecule has 1 aliphatic rings. The smallest absolute Gasteiger partial charge is 0.221 e. The number of hydrogen-bond donors (Lipinski definition) is 1. The van der Waals surface area contributed by atoms with Crippen molar-refractivity contribution < 1.29 is 9.53 Å². The molecule has 5 heteroatoms. The van der Waals surface area contributed by atoms with Crippen LogP contribution in [0.1, 0.15) is 18.4 Å². The standard InChI is InChI=1S/C18H29N3O2/c1-20-11-8-16(14-20)21(2)12-9-18(22)19-10-7-15-5-4-6-17(13-15)23-3/h4-6,13,16H,7-12,14H2,1-3H3,(H,19,22)/t16-/m1/s1. The third kappa shape index (κ3) is 5.84. The summed E-state index contributed by atoms with van der Waals surface area (Å²) in [6.07, 6.45) is 2.59. The first-order chi connectivity index (χ1) is 11.1. The van der Waals surface area contributed by atoms with Crippen LogP contribution in [0, 0.1) is 0 Å². The van der Waals surface area contributed by atoms with E-state index in [1.54, 1.807) is 7.11 Å². The summed E-state index contributed by atoms with van der Waals surface area (Å²) >= 11 is 0. The molecule has 0 bridgehead atoms. The number of nitrogens with zero attached hydrogens (tertiary/aromatic N) is 2. The van der Waals surface area contributed by atoms with E-state index in [1.165, 1.54) is 12.0 Å². The van der Waals surface area contributed by atoms with Gasteiger partial charge in [0.25, 0.3) is 0 Å². The van der Waals surface area contributed by atoms with Gasteiger partial charge in [0.15, 0.2) is 0 Å². The number of benzene rings is 1. The number of carbonyl (C=O) groups is 1. The number of hydrogen-bond acceptors (Lipinski definition) is 4. The number of nitrogens with one attached hydrogen (secondary N) is 1. The Labute approximate surface area is 139 Å². The highest BCUT2D eigenvalue weighted by molar-refractivity contribution is 5.76. The number of methoxy groups -OCH3 is 1. The fourth-order valence-corrected chi connectivity index (χ4v) is 2.99. The molecule has 23 heavy (non-hydrogen) atoms. The van der Waals surface area contributed by atoms with Gasteiger partial charge in [-0.2, -0.15) is 0 Å². The lowest BCUT2D eigenvalue weighted by Gasteiger charge is -2.23. The Morgan fingerprint density at radius 2 is 2.30 bits per heavy atom. The van der Waals surface area contributed by atoms with Crippen molar-refractivity contribution in [3.63, 3.8) is 0 Å². The van der Waals surface area contributed by atoms with Gasteiger partial charge in [0.05, 0.1) is 7.11 Å². The maximum atomic E-state index is 12.0.